The lowest BCUT2D eigenvalue weighted by molar-refractivity contribution is 0.661. The van der Waals surface area contributed by atoms with E-state index in [2.05, 4.69) is 261 Å². The molecule has 0 saturated heterocycles. The second-order valence-corrected chi connectivity index (χ2v) is 21.2. The second kappa shape index (κ2) is 15.7. The molecule has 13 aromatic rings. The smallest absolute Gasteiger partial charge is 0.164 e. The van der Waals surface area contributed by atoms with Crippen molar-refractivity contribution in [1.29, 1.82) is 0 Å². The average molecular weight is 948 g/mol. The molecule has 0 unspecified atom stereocenters. The van der Waals surface area contributed by atoms with Gasteiger partial charge in [0.05, 0.1) is 22.1 Å². The zero-order valence-electron chi connectivity index (χ0n) is 41.6. The minimum absolute atomic E-state index is 0.116. The quantitative estimate of drug-likeness (QED) is 0.167. The molecule has 5 heteroatoms. The van der Waals surface area contributed by atoms with Crippen molar-refractivity contribution < 1.29 is 0 Å². The molecule has 0 radical (unpaired) electrons. The second-order valence-electron chi connectivity index (χ2n) is 21.2. The van der Waals surface area contributed by atoms with Gasteiger partial charge in [0, 0.05) is 60.4 Å². The Hall–Kier alpha value is -9.19. The molecule has 0 atom stereocenters. The largest absolute Gasteiger partial charge is 0.309 e. The van der Waals surface area contributed by atoms with E-state index in [0.717, 1.165) is 39.2 Å². The Morgan fingerprint density at radius 3 is 1.15 bits per heavy atom. The summed E-state index contributed by atoms with van der Waals surface area (Å²) < 4.78 is 4.83. The summed E-state index contributed by atoms with van der Waals surface area (Å²) >= 11 is 0. The van der Waals surface area contributed by atoms with E-state index in [9.17, 15) is 0 Å². The molecule has 0 N–H and O–H groups in total. The fourth-order valence-corrected chi connectivity index (χ4v) is 12.7. The molecule has 0 bridgehead atoms. The lowest BCUT2D eigenvalue weighted by atomic mass is 9.82. The molecule has 5 nitrogen and oxygen atoms in total. The number of fused-ring (bicyclic) bond motifs is 12. The molecule has 350 valence electrons. The maximum Gasteiger partial charge on any atom is 0.164 e. The van der Waals surface area contributed by atoms with Crippen molar-refractivity contribution in [3.05, 3.63) is 247 Å². The Kier molecular flexibility index (Phi) is 8.99. The summed E-state index contributed by atoms with van der Waals surface area (Å²) in [5, 5.41) is 4.98. The Labute approximate surface area is 429 Å². The maximum atomic E-state index is 5.30. The van der Waals surface area contributed by atoms with Crippen LogP contribution in [0.4, 0.5) is 0 Å². The van der Waals surface area contributed by atoms with Crippen molar-refractivity contribution in [2.75, 3.05) is 0 Å². The summed E-state index contributed by atoms with van der Waals surface area (Å²) in [6.07, 6.45) is 0. The summed E-state index contributed by atoms with van der Waals surface area (Å²) in [7, 11) is 0. The van der Waals surface area contributed by atoms with E-state index in [4.69, 9.17) is 15.0 Å². The molecular weight excluding hydrogens is 899 g/mol. The van der Waals surface area contributed by atoms with Gasteiger partial charge in [-0.1, -0.05) is 167 Å². The van der Waals surface area contributed by atoms with Crippen LogP contribution in [-0.4, -0.2) is 24.1 Å². The van der Waals surface area contributed by atoms with Crippen molar-refractivity contribution in [3.8, 4) is 78.9 Å². The Morgan fingerprint density at radius 1 is 0.270 bits per heavy atom. The van der Waals surface area contributed by atoms with Crippen molar-refractivity contribution in [2.24, 2.45) is 0 Å². The zero-order chi connectivity index (χ0) is 49.5. The number of aromatic nitrogens is 5. The number of rotatable bonds is 6. The molecule has 3 aromatic heterocycles. The molecule has 3 heterocycles. The van der Waals surface area contributed by atoms with E-state index >= 15 is 0 Å². The Balaban J connectivity index is 0.863. The standard InChI is InChI=1S/C69H49N5/c1-68(2)57-26-14-10-21-48(57)53-38-55-50-23-12-16-28-61(50)73(63(55)40-59(53)68)45-34-30-43(31-35-45)65-70-66(72-67(71-65)52-25-9-8-20-47(52)42-18-6-5-7-19-42)44-32-36-46(37-33-44)74-62-29-17-13-24-51(62)56-39-54-49-22-11-15-27-58(49)69(3,4)60(54)41-64(56)74/h5-41H,1-4H3. The van der Waals surface area contributed by atoms with E-state index in [1.165, 1.54) is 88.1 Å². The number of para-hydroxylation sites is 2. The van der Waals surface area contributed by atoms with Crippen molar-refractivity contribution >= 4 is 43.6 Å². The van der Waals surface area contributed by atoms with Crippen LogP contribution < -0.4 is 0 Å². The lowest BCUT2D eigenvalue weighted by Crippen LogP contribution is -2.14. The Morgan fingerprint density at radius 2 is 0.662 bits per heavy atom. The van der Waals surface area contributed by atoms with Crippen LogP contribution in [0.15, 0.2) is 224 Å². The number of benzene rings is 10. The monoisotopic (exact) mass is 947 g/mol. The van der Waals surface area contributed by atoms with Gasteiger partial charge >= 0.3 is 0 Å². The van der Waals surface area contributed by atoms with Gasteiger partial charge in [-0.05, 0) is 141 Å². The lowest BCUT2D eigenvalue weighted by Gasteiger charge is -2.21. The number of nitrogens with zero attached hydrogens (tertiary/aromatic N) is 5. The minimum Gasteiger partial charge on any atom is -0.309 e. The van der Waals surface area contributed by atoms with Crippen molar-refractivity contribution in [1.82, 2.24) is 24.1 Å². The maximum absolute atomic E-state index is 5.30. The van der Waals surface area contributed by atoms with E-state index in [0.29, 0.717) is 17.5 Å². The predicted octanol–water partition coefficient (Wildman–Crippen LogP) is 17.3. The third kappa shape index (κ3) is 6.13. The van der Waals surface area contributed by atoms with Crippen LogP contribution in [0, 0.1) is 0 Å². The first-order valence-electron chi connectivity index (χ1n) is 25.7. The topological polar surface area (TPSA) is 48.5 Å². The van der Waals surface area contributed by atoms with Crippen LogP contribution in [0.2, 0.25) is 0 Å². The zero-order valence-corrected chi connectivity index (χ0v) is 41.6. The third-order valence-corrected chi connectivity index (χ3v) is 16.4. The highest BCUT2D eigenvalue weighted by molar-refractivity contribution is 6.13. The first-order valence-corrected chi connectivity index (χ1v) is 25.7. The van der Waals surface area contributed by atoms with E-state index in [-0.39, 0.29) is 10.8 Å². The summed E-state index contributed by atoms with van der Waals surface area (Å²) in [6.45, 7) is 9.41. The van der Waals surface area contributed by atoms with Gasteiger partial charge in [0.2, 0.25) is 0 Å². The van der Waals surface area contributed by atoms with Crippen LogP contribution >= 0.6 is 0 Å². The van der Waals surface area contributed by atoms with Crippen LogP contribution in [0.3, 0.4) is 0 Å². The van der Waals surface area contributed by atoms with Crippen LogP contribution in [0.25, 0.3) is 123 Å². The first kappa shape index (κ1) is 42.5. The van der Waals surface area contributed by atoms with Crippen LogP contribution in [0.5, 0.6) is 0 Å². The van der Waals surface area contributed by atoms with Crippen molar-refractivity contribution in [3.63, 3.8) is 0 Å². The Bertz CT molecular complexity index is 4210. The van der Waals surface area contributed by atoms with Crippen molar-refractivity contribution in [2.45, 2.75) is 38.5 Å². The number of hydrogen-bond donors (Lipinski definition) is 0. The van der Waals surface area contributed by atoms with E-state index in [1.54, 1.807) is 0 Å². The summed E-state index contributed by atoms with van der Waals surface area (Å²) in [4.78, 5) is 15.9. The molecule has 15 rings (SSSR count). The van der Waals surface area contributed by atoms with Gasteiger partial charge in [0.15, 0.2) is 17.5 Å². The van der Waals surface area contributed by atoms with E-state index in [1.807, 2.05) is 0 Å². The van der Waals surface area contributed by atoms with Gasteiger partial charge in [-0.3, -0.25) is 0 Å². The summed E-state index contributed by atoms with van der Waals surface area (Å²) in [5.41, 5.74) is 22.4. The third-order valence-electron chi connectivity index (χ3n) is 16.4. The van der Waals surface area contributed by atoms with Gasteiger partial charge in [0.25, 0.3) is 0 Å². The highest BCUT2D eigenvalue weighted by Gasteiger charge is 2.37. The van der Waals surface area contributed by atoms with Crippen LogP contribution in [-0.2, 0) is 10.8 Å². The molecule has 74 heavy (non-hydrogen) atoms. The predicted molar refractivity (Wildman–Crippen MR) is 305 cm³/mol. The molecule has 0 spiro atoms. The van der Waals surface area contributed by atoms with Gasteiger partial charge in [-0.2, -0.15) is 0 Å². The minimum atomic E-state index is -0.116. The number of hydrogen-bond acceptors (Lipinski definition) is 3. The molecule has 2 aliphatic rings. The summed E-state index contributed by atoms with van der Waals surface area (Å²) in [6, 6.07) is 81.5. The normalized spacial score (nSPS) is 13.9. The van der Waals surface area contributed by atoms with Gasteiger partial charge in [-0.25, -0.2) is 15.0 Å². The average Bonchev–Trinajstić information content (AvgIpc) is 4.11. The first-order chi connectivity index (χ1) is 36.2. The highest BCUT2D eigenvalue weighted by Crippen LogP contribution is 2.53. The van der Waals surface area contributed by atoms with Crippen LogP contribution in [0.1, 0.15) is 49.9 Å². The molecule has 0 aliphatic heterocycles. The molecule has 0 saturated carbocycles. The molecule has 0 fully saturated rings. The summed E-state index contributed by atoms with van der Waals surface area (Å²) in [5.74, 6) is 1.85. The molecular formula is C69H49N5. The SMILES string of the molecule is CC1(C)c2ccccc2-c2cc3c4ccccc4n(-c4ccc(-c5nc(-c6ccc(-n7c8ccccc8c8cc9c(cc87)C(C)(C)c7ccccc7-9)cc6)nc(-c6ccccc6-c6ccccc6)n5)cc4)c3cc21. The van der Waals surface area contributed by atoms with Gasteiger partial charge in [-0.15, -0.1) is 0 Å². The fourth-order valence-electron chi connectivity index (χ4n) is 12.7. The van der Waals surface area contributed by atoms with Gasteiger partial charge < -0.3 is 9.13 Å². The molecule has 2 aliphatic carbocycles. The molecule has 0 amide bonds. The fraction of sp³-hybridized carbons (Fsp3) is 0.0870. The van der Waals surface area contributed by atoms with Gasteiger partial charge in [0.1, 0.15) is 0 Å². The highest BCUT2D eigenvalue weighted by atomic mass is 15.0. The molecule has 10 aromatic carbocycles. The van der Waals surface area contributed by atoms with E-state index < -0.39 is 0 Å².